The Labute approximate surface area is 233 Å². The number of likely N-dealkylation sites (N-methyl/N-ethyl adjacent to an activating group) is 1. The molecule has 1 heterocycles. The van der Waals surface area contributed by atoms with Gasteiger partial charge in [0, 0.05) is 49.0 Å². The maximum Gasteiger partial charge on any atom is 0.258 e. The number of hydrogen-bond donors (Lipinski definition) is 1. The van der Waals surface area contributed by atoms with Crippen LogP contribution in [0.4, 0.5) is 5.69 Å². The van der Waals surface area contributed by atoms with Crippen molar-refractivity contribution in [1.82, 2.24) is 10.2 Å². The largest absolute Gasteiger partial charge is 0.357 e. The van der Waals surface area contributed by atoms with Crippen molar-refractivity contribution < 1.29 is 14.4 Å². The second kappa shape index (κ2) is 11.7. The zero-order valence-corrected chi connectivity index (χ0v) is 22.5. The Balaban J connectivity index is 1.35. The Hall–Kier alpha value is -4.16. The number of nitrogens with zero attached hydrogens (tertiary/aromatic N) is 2. The summed E-state index contributed by atoms with van der Waals surface area (Å²) < 4.78 is 0. The molecule has 1 aliphatic heterocycles. The van der Waals surface area contributed by atoms with Crippen LogP contribution in [-0.4, -0.2) is 42.3 Å². The number of nitrogens with one attached hydrogen (secondary N) is 1. The minimum atomic E-state index is -0.688. The molecule has 6 nitrogen and oxygen atoms in total. The number of anilines is 1. The standard InChI is InChI=1S/C32H30ClN3O3/c1-34-31(38)28(20-22-8-3-2-4-9-22)36(21-23-15-17-25(33)18-16-23)29(37)14-7-19-35-27-13-6-11-24-10-5-12-26(30(24)27)32(35)39/h2-6,8-13,15-18,28H,7,14,19-21H2,1H3,(H,34,38)/t28-/m1/s1. The third kappa shape index (κ3) is 5.66. The highest BCUT2D eigenvalue weighted by molar-refractivity contribution is 6.30. The number of halogens is 1. The molecule has 3 amide bonds. The van der Waals surface area contributed by atoms with Crippen molar-refractivity contribution in [3.05, 3.63) is 113 Å². The molecule has 0 spiro atoms. The Morgan fingerprint density at radius 2 is 1.62 bits per heavy atom. The number of carbonyl (C=O) groups is 3. The second-order valence-electron chi connectivity index (χ2n) is 9.71. The summed E-state index contributed by atoms with van der Waals surface area (Å²) in [5.41, 5.74) is 3.42. The van der Waals surface area contributed by atoms with Crippen molar-refractivity contribution in [2.75, 3.05) is 18.5 Å². The SMILES string of the molecule is CNC(=O)[C@@H](Cc1ccccc1)N(Cc1ccc(Cl)cc1)C(=O)CCCN1C(=O)c2cccc3cccc1c23. The predicted octanol–water partition coefficient (Wildman–Crippen LogP) is 5.62. The minimum Gasteiger partial charge on any atom is -0.357 e. The second-order valence-corrected chi connectivity index (χ2v) is 10.1. The summed E-state index contributed by atoms with van der Waals surface area (Å²) >= 11 is 6.08. The number of amides is 3. The van der Waals surface area contributed by atoms with Gasteiger partial charge in [-0.25, -0.2) is 0 Å². The third-order valence-corrected chi connectivity index (χ3v) is 7.46. The van der Waals surface area contributed by atoms with Crippen molar-refractivity contribution in [2.24, 2.45) is 0 Å². The number of carbonyl (C=O) groups excluding carboxylic acids is 3. The Kier molecular flexibility index (Phi) is 7.94. The average Bonchev–Trinajstić information content (AvgIpc) is 3.24. The van der Waals surface area contributed by atoms with E-state index in [9.17, 15) is 14.4 Å². The summed E-state index contributed by atoms with van der Waals surface area (Å²) in [6.45, 7) is 0.685. The van der Waals surface area contributed by atoms with Gasteiger partial charge in [-0.1, -0.05) is 78.3 Å². The van der Waals surface area contributed by atoms with E-state index < -0.39 is 6.04 Å². The third-order valence-electron chi connectivity index (χ3n) is 7.21. The summed E-state index contributed by atoms with van der Waals surface area (Å²) in [7, 11) is 1.59. The van der Waals surface area contributed by atoms with Gasteiger partial charge in [0.2, 0.25) is 11.8 Å². The topological polar surface area (TPSA) is 69.7 Å². The predicted molar refractivity (Wildman–Crippen MR) is 155 cm³/mol. The lowest BCUT2D eigenvalue weighted by atomic mass is 10.0. The fraction of sp³-hybridized carbons (Fsp3) is 0.219. The van der Waals surface area contributed by atoms with E-state index in [0.717, 1.165) is 27.6 Å². The molecule has 0 aliphatic carbocycles. The quantitative estimate of drug-likeness (QED) is 0.284. The average molecular weight is 540 g/mol. The highest BCUT2D eigenvalue weighted by Gasteiger charge is 2.31. The van der Waals surface area contributed by atoms with Gasteiger partial charge >= 0.3 is 0 Å². The van der Waals surface area contributed by atoms with E-state index in [-0.39, 0.29) is 30.7 Å². The molecule has 0 bridgehead atoms. The highest BCUT2D eigenvalue weighted by atomic mass is 35.5. The van der Waals surface area contributed by atoms with Gasteiger partial charge in [-0.15, -0.1) is 0 Å². The molecule has 0 unspecified atom stereocenters. The highest BCUT2D eigenvalue weighted by Crippen LogP contribution is 2.37. The monoisotopic (exact) mass is 539 g/mol. The Morgan fingerprint density at radius 1 is 0.897 bits per heavy atom. The molecule has 4 aromatic rings. The van der Waals surface area contributed by atoms with Crippen LogP contribution in [0, 0.1) is 0 Å². The van der Waals surface area contributed by atoms with Gasteiger partial charge in [-0.05, 0) is 47.2 Å². The van der Waals surface area contributed by atoms with E-state index in [2.05, 4.69) is 5.32 Å². The summed E-state index contributed by atoms with van der Waals surface area (Å²) in [6, 6.07) is 27.9. The van der Waals surface area contributed by atoms with Gasteiger partial charge in [0.1, 0.15) is 6.04 Å². The maximum atomic E-state index is 13.7. The van der Waals surface area contributed by atoms with Crippen LogP contribution in [0.25, 0.3) is 10.8 Å². The first kappa shape index (κ1) is 26.4. The van der Waals surface area contributed by atoms with Crippen molar-refractivity contribution >= 4 is 45.8 Å². The molecule has 39 heavy (non-hydrogen) atoms. The van der Waals surface area contributed by atoms with E-state index in [1.807, 2.05) is 78.9 Å². The van der Waals surface area contributed by atoms with Crippen LogP contribution >= 0.6 is 11.6 Å². The smallest absolute Gasteiger partial charge is 0.258 e. The van der Waals surface area contributed by atoms with Gasteiger partial charge in [-0.3, -0.25) is 14.4 Å². The number of benzene rings is 4. The van der Waals surface area contributed by atoms with Crippen molar-refractivity contribution in [1.29, 1.82) is 0 Å². The Morgan fingerprint density at radius 3 is 2.33 bits per heavy atom. The van der Waals surface area contributed by atoms with Crippen LogP contribution in [0.2, 0.25) is 5.02 Å². The summed E-state index contributed by atoms with van der Waals surface area (Å²) in [4.78, 5) is 43.4. The first-order chi connectivity index (χ1) is 19.0. The van der Waals surface area contributed by atoms with E-state index >= 15 is 0 Å². The van der Waals surface area contributed by atoms with Crippen LogP contribution in [0.15, 0.2) is 91.0 Å². The van der Waals surface area contributed by atoms with E-state index in [4.69, 9.17) is 11.6 Å². The van der Waals surface area contributed by atoms with Crippen LogP contribution in [0.3, 0.4) is 0 Å². The van der Waals surface area contributed by atoms with Crippen LogP contribution in [0.5, 0.6) is 0 Å². The fourth-order valence-corrected chi connectivity index (χ4v) is 5.37. The first-order valence-corrected chi connectivity index (χ1v) is 13.5. The maximum absolute atomic E-state index is 13.7. The van der Waals surface area contributed by atoms with Gasteiger partial charge in [-0.2, -0.15) is 0 Å². The van der Waals surface area contributed by atoms with E-state index in [1.165, 1.54) is 0 Å². The molecule has 0 saturated heterocycles. The summed E-state index contributed by atoms with van der Waals surface area (Å²) in [5, 5.41) is 5.33. The van der Waals surface area contributed by atoms with E-state index in [1.54, 1.807) is 29.0 Å². The molecule has 4 aromatic carbocycles. The normalized spacial score (nSPS) is 13.0. The van der Waals surface area contributed by atoms with Gasteiger partial charge < -0.3 is 15.1 Å². The Bertz CT molecular complexity index is 1500. The lowest BCUT2D eigenvalue weighted by molar-refractivity contribution is -0.141. The molecular formula is C32H30ClN3O3. The van der Waals surface area contributed by atoms with Crippen LogP contribution in [0.1, 0.15) is 34.3 Å². The van der Waals surface area contributed by atoms with Gasteiger partial charge in [0.05, 0.1) is 5.69 Å². The molecular weight excluding hydrogens is 510 g/mol. The molecule has 0 radical (unpaired) electrons. The zero-order chi connectivity index (χ0) is 27.4. The molecule has 7 heteroatoms. The summed E-state index contributed by atoms with van der Waals surface area (Å²) in [6.07, 6.45) is 1.06. The van der Waals surface area contributed by atoms with Crippen molar-refractivity contribution in [3.63, 3.8) is 0 Å². The number of hydrogen-bond acceptors (Lipinski definition) is 3. The number of rotatable bonds is 10. The zero-order valence-electron chi connectivity index (χ0n) is 21.8. The first-order valence-electron chi connectivity index (χ1n) is 13.1. The molecule has 0 aromatic heterocycles. The fourth-order valence-electron chi connectivity index (χ4n) is 5.24. The molecule has 198 valence electrons. The molecule has 0 fully saturated rings. The minimum absolute atomic E-state index is 0.0421. The lowest BCUT2D eigenvalue weighted by Gasteiger charge is -2.31. The van der Waals surface area contributed by atoms with Gasteiger partial charge in [0.25, 0.3) is 5.91 Å². The molecule has 1 atom stereocenters. The molecule has 1 N–H and O–H groups in total. The van der Waals surface area contributed by atoms with Crippen LogP contribution < -0.4 is 10.2 Å². The molecule has 5 rings (SSSR count). The van der Waals surface area contributed by atoms with Crippen molar-refractivity contribution in [3.8, 4) is 0 Å². The van der Waals surface area contributed by atoms with Crippen molar-refractivity contribution in [2.45, 2.75) is 31.8 Å². The molecule has 0 saturated carbocycles. The molecule has 1 aliphatic rings. The van der Waals surface area contributed by atoms with E-state index in [0.29, 0.717) is 30.0 Å². The van der Waals surface area contributed by atoms with Crippen LogP contribution in [-0.2, 0) is 22.6 Å². The lowest BCUT2D eigenvalue weighted by Crippen LogP contribution is -2.49. The van der Waals surface area contributed by atoms with Gasteiger partial charge in [0.15, 0.2) is 0 Å². The summed E-state index contributed by atoms with van der Waals surface area (Å²) in [5.74, 6) is -0.408.